The smallest absolute Gasteiger partial charge is 0.321 e. The lowest BCUT2D eigenvalue weighted by atomic mass is 10.3. The fourth-order valence-corrected chi connectivity index (χ4v) is 2.48. The highest BCUT2D eigenvalue weighted by atomic mass is 79.9. The van der Waals surface area contributed by atoms with Crippen LogP contribution >= 0.6 is 15.9 Å². The monoisotopic (exact) mass is 406 g/mol. The number of nitrogens with one attached hydrogen (secondary N) is 1. The van der Waals surface area contributed by atoms with Crippen LogP contribution < -0.4 is 19.7 Å². The molecule has 2 aromatic rings. The molecule has 0 bridgehead atoms. The standard InChI is InChI=1S/C19H23BrN2O3/c1-14(2)21-19(23)22(3)16-7-9-17(10-8-16)24-11-12-25-18-6-4-5-15(20)13-18/h4-10,13-14H,11-12H2,1-3H3,(H,21,23). The van der Waals surface area contributed by atoms with Gasteiger partial charge in [0.05, 0.1) is 0 Å². The minimum absolute atomic E-state index is 0.0998. The maximum absolute atomic E-state index is 12.0. The van der Waals surface area contributed by atoms with Gasteiger partial charge in [-0.3, -0.25) is 4.90 Å². The van der Waals surface area contributed by atoms with E-state index in [1.165, 1.54) is 0 Å². The van der Waals surface area contributed by atoms with Gasteiger partial charge >= 0.3 is 6.03 Å². The van der Waals surface area contributed by atoms with Crippen LogP contribution in [-0.4, -0.2) is 32.3 Å². The predicted octanol–water partition coefficient (Wildman–Crippen LogP) is 4.46. The predicted molar refractivity (Wildman–Crippen MR) is 104 cm³/mol. The lowest BCUT2D eigenvalue weighted by molar-refractivity contribution is 0.217. The van der Waals surface area contributed by atoms with Crippen LogP contribution in [0, 0.1) is 0 Å². The van der Waals surface area contributed by atoms with E-state index < -0.39 is 0 Å². The van der Waals surface area contributed by atoms with Gasteiger partial charge in [-0.05, 0) is 56.3 Å². The van der Waals surface area contributed by atoms with Crippen LogP contribution in [0.5, 0.6) is 11.5 Å². The zero-order chi connectivity index (χ0) is 18.2. The van der Waals surface area contributed by atoms with E-state index >= 15 is 0 Å². The normalized spacial score (nSPS) is 10.4. The SMILES string of the molecule is CC(C)NC(=O)N(C)c1ccc(OCCOc2cccc(Br)c2)cc1. The van der Waals surface area contributed by atoms with E-state index in [1.54, 1.807) is 11.9 Å². The number of hydrogen-bond acceptors (Lipinski definition) is 3. The van der Waals surface area contributed by atoms with Gasteiger partial charge in [0.15, 0.2) is 0 Å². The first-order valence-electron chi connectivity index (χ1n) is 8.11. The van der Waals surface area contributed by atoms with Crippen LogP contribution in [0.15, 0.2) is 53.0 Å². The number of carbonyl (C=O) groups excluding carboxylic acids is 1. The van der Waals surface area contributed by atoms with Crippen LogP contribution in [0.4, 0.5) is 10.5 Å². The Labute approximate surface area is 157 Å². The lowest BCUT2D eigenvalue weighted by Gasteiger charge is -2.20. The molecule has 0 aromatic heterocycles. The van der Waals surface area contributed by atoms with E-state index in [1.807, 2.05) is 62.4 Å². The van der Waals surface area contributed by atoms with Crippen molar-refractivity contribution in [3.63, 3.8) is 0 Å². The van der Waals surface area contributed by atoms with Gasteiger partial charge in [-0.15, -0.1) is 0 Å². The van der Waals surface area contributed by atoms with Crippen molar-refractivity contribution in [1.29, 1.82) is 0 Å². The molecule has 5 nitrogen and oxygen atoms in total. The Hall–Kier alpha value is -2.21. The Kier molecular flexibility index (Phi) is 7.13. The van der Waals surface area contributed by atoms with Crippen molar-refractivity contribution >= 4 is 27.6 Å². The topological polar surface area (TPSA) is 50.8 Å². The molecular weight excluding hydrogens is 384 g/mol. The molecule has 6 heteroatoms. The fraction of sp³-hybridized carbons (Fsp3) is 0.316. The largest absolute Gasteiger partial charge is 0.490 e. The highest BCUT2D eigenvalue weighted by Crippen LogP contribution is 2.20. The Morgan fingerprint density at radius 2 is 1.72 bits per heavy atom. The summed E-state index contributed by atoms with van der Waals surface area (Å²) in [7, 11) is 1.74. The van der Waals surface area contributed by atoms with E-state index in [9.17, 15) is 4.79 Å². The summed E-state index contributed by atoms with van der Waals surface area (Å²) in [5.74, 6) is 1.53. The summed E-state index contributed by atoms with van der Waals surface area (Å²) in [5, 5.41) is 2.85. The van der Waals surface area contributed by atoms with Gasteiger partial charge in [0.1, 0.15) is 24.7 Å². The Morgan fingerprint density at radius 3 is 2.32 bits per heavy atom. The molecule has 2 aromatic carbocycles. The number of rotatable bonds is 7. The molecule has 134 valence electrons. The molecule has 0 spiro atoms. The number of benzene rings is 2. The summed E-state index contributed by atoms with van der Waals surface area (Å²) >= 11 is 3.41. The van der Waals surface area contributed by atoms with Crippen molar-refractivity contribution in [2.75, 3.05) is 25.2 Å². The molecule has 0 aliphatic heterocycles. The van der Waals surface area contributed by atoms with Crippen LogP contribution in [0.2, 0.25) is 0 Å². The zero-order valence-electron chi connectivity index (χ0n) is 14.7. The number of ether oxygens (including phenoxy) is 2. The highest BCUT2D eigenvalue weighted by molar-refractivity contribution is 9.10. The molecule has 2 amide bonds. The summed E-state index contributed by atoms with van der Waals surface area (Å²) in [6, 6.07) is 15.0. The van der Waals surface area contributed by atoms with Crippen molar-refractivity contribution in [2.45, 2.75) is 19.9 Å². The molecule has 0 unspecified atom stereocenters. The molecule has 1 N–H and O–H groups in total. The van der Waals surface area contributed by atoms with Crippen molar-refractivity contribution in [1.82, 2.24) is 5.32 Å². The van der Waals surface area contributed by atoms with Crippen LogP contribution in [0.3, 0.4) is 0 Å². The van der Waals surface area contributed by atoms with E-state index in [0.717, 1.165) is 21.7 Å². The minimum atomic E-state index is -0.133. The van der Waals surface area contributed by atoms with Crippen LogP contribution in [0.1, 0.15) is 13.8 Å². The van der Waals surface area contributed by atoms with Crippen molar-refractivity contribution in [3.8, 4) is 11.5 Å². The molecular formula is C19H23BrN2O3. The average Bonchev–Trinajstić information content (AvgIpc) is 2.58. The summed E-state index contributed by atoms with van der Waals surface area (Å²) in [6.07, 6.45) is 0. The van der Waals surface area contributed by atoms with Gasteiger partial charge in [0.25, 0.3) is 0 Å². The summed E-state index contributed by atoms with van der Waals surface area (Å²) in [4.78, 5) is 13.5. The van der Waals surface area contributed by atoms with Gasteiger partial charge in [-0.2, -0.15) is 0 Å². The Balaban J connectivity index is 1.79. The minimum Gasteiger partial charge on any atom is -0.490 e. The molecule has 0 saturated heterocycles. The van der Waals surface area contributed by atoms with Gasteiger partial charge in [-0.1, -0.05) is 22.0 Å². The number of nitrogens with zero attached hydrogens (tertiary/aromatic N) is 1. The zero-order valence-corrected chi connectivity index (χ0v) is 16.2. The summed E-state index contributed by atoms with van der Waals surface area (Å²) in [6.45, 7) is 4.75. The molecule has 0 radical (unpaired) electrons. The van der Waals surface area contributed by atoms with Crippen LogP contribution in [-0.2, 0) is 0 Å². The maximum atomic E-state index is 12.0. The van der Waals surface area contributed by atoms with Crippen molar-refractivity contribution < 1.29 is 14.3 Å². The molecule has 25 heavy (non-hydrogen) atoms. The Morgan fingerprint density at radius 1 is 1.08 bits per heavy atom. The molecule has 0 aliphatic rings. The first kappa shape index (κ1) is 19.1. The first-order chi connectivity index (χ1) is 12.0. The molecule has 0 saturated carbocycles. The molecule has 2 rings (SSSR count). The number of carbonyl (C=O) groups is 1. The van der Waals surface area contributed by atoms with Crippen molar-refractivity contribution in [2.24, 2.45) is 0 Å². The van der Waals surface area contributed by atoms with Gasteiger partial charge < -0.3 is 14.8 Å². The van der Waals surface area contributed by atoms with Gasteiger partial charge in [-0.25, -0.2) is 4.79 Å². The number of halogens is 1. The van der Waals surface area contributed by atoms with Gasteiger partial charge in [0, 0.05) is 23.2 Å². The molecule has 0 atom stereocenters. The molecule has 0 aliphatic carbocycles. The third-order valence-corrected chi connectivity index (χ3v) is 3.85. The molecule has 0 heterocycles. The lowest BCUT2D eigenvalue weighted by Crippen LogP contribution is -2.40. The summed E-state index contributed by atoms with van der Waals surface area (Å²) < 4.78 is 12.3. The second-order valence-electron chi connectivity index (χ2n) is 5.81. The van der Waals surface area contributed by atoms with Gasteiger partial charge in [0.2, 0.25) is 0 Å². The maximum Gasteiger partial charge on any atom is 0.321 e. The first-order valence-corrected chi connectivity index (χ1v) is 8.90. The summed E-state index contributed by atoms with van der Waals surface area (Å²) in [5.41, 5.74) is 0.802. The number of anilines is 1. The third-order valence-electron chi connectivity index (χ3n) is 3.36. The number of hydrogen-bond donors (Lipinski definition) is 1. The average molecular weight is 407 g/mol. The highest BCUT2D eigenvalue weighted by Gasteiger charge is 2.11. The van der Waals surface area contributed by atoms with Crippen molar-refractivity contribution in [3.05, 3.63) is 53.0 Å². The second kappa shape index (κ2) is 9.32. The quantitative estimate of drug-likeness (QED) is 0.690. The Bertz CT molecular complexity index is 689. The third kappa shape index (κ3) is 6.31. The van der Waals surface area contributed by atoms with E-state index in [-0.39, 0.29) is 12.1 Å². The number of amides is 2. The van der Waals surface area contributed by atoms with E-state index in [0.29, 0.717) is 13.2 Å². The molecule has 0 fully saturated rings. The number of urea groups is 1. The fourth-order valence-electron chi connectivity index (χ4n) is 2.10. The van der Waals surface area contributed by atoms with E-state index in [4.69, 9.17) is 9.47 Å². The van der Waals surface area contributed by atoms with Crippen LogP contribution in [0.25, 0.3) is 0 Å². The second-order valence-corrected chi connectivity index (χ2v) is 6.73. The van der Waals surface area contributed by atoms with E-state index in [2.05, 4.69) is 21.2 Å².